The molecule has 1 heterocycles. The molecular formula is C19H23N3O3. The number of nitrogens with one attached hydrogen (secondary N) is 1. The number of nitrogens with zero attached hydrogens (tertiary/aromatic N) is 2. The molecule has 0 spiro atoms. The second-order valence-corrected chi connectivity index (χ2v) is 6.83. The van der Waals surface area contributed by atoms with Crippen LogP contribution in [0.25, 0.3) is 0 Å². The fraction of sp³-hybridized carbons (Fsp3) is 0.421. The van der Waals surface area contributed by atoms with E-state index in [9.17, 15) is 9.59 Å². The predicted molar refractivity (Wildman–Crippen MR) is 94.7 cm³/mol. The van der Waals surface area contributed by atoms with Gasteiger partial charge < -0.3 is 10.4 Å². The van der Waals surface area contributed by atoms with Crippen molar-refractivity contribution in [3.05, 3.63) is 46.8 Å². The summed E-state index contributed by atoms with van der Waals surface area (Å²) in [4.78, 5) is 23.5. The number of carboxylic acids is 1. The molecule has 132 valence electrons. The van der Waals surface area contributed by atoms with Gasteiger partial charge in [-0.05, 0) is 50.8 Å². The van der Waals surface area contributed by atoms with E-state index >= 15 is 0 Å². The molecule has 1 fully saturated rings. The number of aryl methyl sites for hydroxylation is 2. The van der Waals surface area contributed by atoms with Crippen molar-refractivity contribution in [1.82, 2.24) is 9.78 Å². The van der Waals surface area contributed by atoms with Crippen molar-refractivity contribution in [2.75, 3.05) is 5.32 Å². The van der Waals surface area contributed by atoms with Crippen LogP contribution in [0.2, 0.25) is 0 Å². The zero-order chi connectivity index (χ0) is 18.3. The zero-order valence-electron chi connectivity index (χ0n) is 14.9. The van der Waals surface area contributed by atoms with Crippen molar-refractivity contribution in [3.63, 3.8) is 0 Å². The number of hydrogen-bond acceptors (Lipinski definition) is 3. The number of aliphatic carboxylic acids is 1. The summed E-state index contributed by atoms with van der Waals surface area (Å²) in [5.41, 5.74) is 4.54. The van der Waals surface area contributed by atoms with Gasteiger partial charge in [0.25, 0.3) is 0 Å². The Bertz CT molecular complexity index is 823. The molecule has 2 N–H and O–H groups in total. The van der Waals surface area contributed by atoms with Crippen LogP contribution in [0.15, 0.2) is 24.3 Å². The summed E-state index contributed by atoms with van der Waals surface area (Å²) < 4.78 is 1.79. The summed E-state index contributed by atoms with van der Waals surface area (Å²) in [5.74, 6) is -1.28. The first-order valence-corrected chi connectivity index (χ1v) is 8.43. The Morgan fingerprint density at radius 1 is 1.28 bits per heavy atom. The molecule has 25 heavy (non-hydrogen) atoms. The van der Waals surface area contributed by atoms with Crippen LogP contribution in [0.4, 0.5) is 5.69 Å². The fourth-order valence-corrected chi connectivity index (χ4v) is 3.45. The third-order valence-electron chi connectivity index (χ3n) is 5.11. The molecule has 6 heteroatoms. The highest BCUT2D eigenvalue weighted by atomic mass is 16.4. The number of aromatic nitrogens is 2. The van der Waals surface area contributed by atoms with Crippen LogP contribution in [-0.4, -0.2) is 26.8 Å². The van der Waals surface area contributed by atoms with Gasteiger partial charge in [0, 0.05) is 24.0 Å². The smallest absolute Gasteiger partial charge is 0.307 e. The van der Waals surface area contributed by atoms with E-state index in [1.165, 1.54) is 0 Å². The largest absolute Gasteiger partial charge is 0.481 e. The van der Waals surface area contributed by atoms with Crippen LogP contribution >= 0.6 is 0 Å². The van der Waals surface area contributed by atoms with E-state index in [4.69, 9.17) is 5.11 Å². The lowest BCUT2D eigenvalue weighted by Crippen LogP contribution is -2.20. The van der Waals surface area contributed by atoms with Gasteiger partial charge in [-0.2, -0.15) is 5.10 Å². The molecule has 0 aliphatic heterocycles. The first kappa shape index (κ1) is 17.2. The number of anilines is 1. The normalized spacial score (nSPS) is 20.2. The SMILES string of the molecule is Cc1nn(C)c(C)c1C(C)C(=O)Nc1ccc([C@@H]2C[C@H]2C(=O)O)cc1. The minimum absolute atomic E-state index is 0.0817. The van der Waals surface area contributed by atoms with Crippen molar-refractivity contribution in [2.24, 2.45) is 13.0 Å². The topological polar surface area (TPSA) is 84.2 Å². The maximum Gasteiger partial charge on any atom is 0.307 e. The van der Waals surface area contributed by atoms with Gasteiger partial charge in [-0.1, -0.05) is 12.1 Å². The van der Waals surface area contributed by atoms with Crippen molar-refractivity contribution < 1.29 is 14.7 Å². The second-order valence-electron chi connectivity index (χ2n) is 6.83. The maximum absolute atomic E-state index is 12.6. The van der Waals surface area contributed by atoms with E-state index in [1.807, 2.05) is 52.1 Å². The van der Waals surface area contributed by atoms with Gasteiger partial charge in [0.15, 0.2) is 0 Å². The average molecular weight is 341 g/mol. The fourth-order valence-electron chi connectivity index (χ4n) is 3.45. The molecule has 1 aromatic heterocycles. The minimum Gasteiger partial charge on any atom is -0.481 e. The molecule has 1 aromatic carbocycles. The van der Waals surface area contributed by atoms with E-state index in [2.05, 4.69) is 10.4 Å². The number of benzene rings is 1. The molecule has 1 aliphatic rings. The van der Waals surface area contributed by atoms with Gasteiger partial charge in [0.2, 0.25) is 5.91 Å². The third-order valence-corrected chi connectivity index (χ3v) is 5.11. The van der Waals surface area contributed by atoms with Crippen molar-refractivity contribution in [2.45, 2.75) is 39.0 Å². The molecular weight excluding hydrogens is 318 g/mol. The van der Waals surface area contributed by atoms with E-state index in [0.717, 1.165) is 22.5 Å². The molecule has 6 nitrogen and oxygen atoms in total. The summed E-state index contributed by atoms with van der Waals surface area (Å²) in [5, 5.41) is 16.3. The number of rotatable bonds is 5. The molecule has 0 saturated heterocycles. The van der Waals surface area contributed by atoms with Gasteiger partial charge in [0.05, 0.1) is 17.5 Å². The molecule has 0 bridgehead atoms. The van der Waals surface area contributed by atoms with Crippen molar-refractivity contribution in [1.29, 1.82) is 0 Å². The van der Waals surface area contributed by atoms with Gasteiger partial charge in [-0.25, -0.2) is 0 Å². The summed E-state index contributed by atoms with van der Waals surface area (Å²) in [6.07, 6.45) is 0.692. The third kappa shape index (κ3) is 3.29. The van der Waals surface area contributed by atoms with Gasteiger partial charge >= 0.3 is 5.97 Å². The van der Waals surface area contributed by atoms with Crippen LogP contribution in [0, 0.1) is 19.8 Å². The quantitative estimate of drug-likeness (QED) is 0.876. The number of hydrogen-bond donors (Lipinski definition) is 2. The Morgan fingerprint density at radius 3 is 2.40 bits per heavy atom. The Hall–Kier alpha value is -2.63. The Labute approximate surface area is 146 Å². The van der Waals surface area contributed by atoms with E-state index in [1.54, 1.807) is 4.68 Å². The van der Waals surface area contributed by atoms with E-state index in [0.29, 0.717) is 12.1 Å². The Morgan fingerprint density at radius 2 is 1.92 bits per heavy atom. The molecule has 1 saturated carbocycles. The second kappa shape index (κ2) is 6.35. The van der Waals surface area contributed by atoms with E-state index < -0.39 is 5.97 Å². The summed E-state index contributed by atoms with van der Waals surface area (Å²) in [6.45, 7) is 5.75. The van der Waals surface area contributed by atoms with Crippen molar-refractivity contribution >= 4 is 17.6 Å². The predicted octanol–water partition coefficient (Wildman–Crippen LogP) is 2.97. The van der Waals surface area contributed by atoms with Crippen LogP contribution in [-0.2, 0) is 16.6 Å². The number of carbonyl (C=O) groups excluding carboxylic acids is 1. The molecule has 1 unspecified atom stereocenters. The highest BCUT2D eigenvalue weighted by Crippen LogP contribution is 2.47. The van der Waals surface area contributed by atoms with Crippen molar-refractivity contribution in [3.8, 4) is 0 Å². The van der Waals surface area contributed by atoms with Crippen LogP contribution in [0.3, 0.4) is 0 Å². The number of amides is 1. The summed E-state index contributed by atoms with van der Waals surface area (Å²) in [6, 6.07) is 7.46. The molecule has 1 amide bonds. The van der Waals surface area contributed by atoms with Crippen LogP contribution in [0.5, 0.6) is 0 Å². The monoisotopic (exact) mass is 341 g/mol. The zero-order valence-corrected chi connectivity index (χ0v) is 14.9. The molecule has 0 radical (unpaired) electrons. The van der Waals surface area contributed by atoms with E-state index in [-0.39, 0.29) is 23.7 Å². The standard InChI is InChI=1S/C19H23N3O3/c1-10(17-11(2)21-22(4)12(17)3)18(23)20-14-7-5-13(6-8-14)15-9-16(15)19(24)25/h5-8,10,15-16H,9H2,1-4H3,(H,20,23)(H,24,25)/t10?,15-,16+/m0/s1. The Kier molecular flexibility index (Phi) is 4.37. The lowest BCUT2D eigenvalue weighted by Gasteiger charge is -2.13. The first-order chi connectivity index (χ1) is 11.8. The number of carboxylic acid groups (broad SMARTS) is 1. The number of carbonyl (C=O) groups is 2. The maximum atomic E-state index is 12.6. The summed E-state index contributed by atoms with van der Waals surface area (Å²) >= 11 is 0. The van der Waals surface area contributed by atoms with Gasteiger partial charge in [-0.15, -0.1) is 0 Å². The molecule has 3 atom stereocenters. The van der Waals surface area contributed by atoms with Crippen LogP contribution < -0.4 is 5.32 Å². The molecule has 1 aliphatic carbocycles. The lowest BCUT2D eigenvalue weighted by atomic mass is 9.98. The first-order valence-electron chi connectivity index (χ1n) is 8.43. The highest BCUT2D eigenvalue weighted by Gasteiger charge is 2.44. The van der Waals surface area contributed by atoms with Gasteiger partial charge in [0.1, 0.15) is 0 Å². The lowest BCUT2D eigenvalue weighted by molar-refractivity contribution is -0.138. The highest BCUT2D eigenvalue weighted by molar-refractivity contribution is 5.95. The minimum atomic E-state index is -0.738. The molecule has 2 aromatic rings. The van der Waals surface area contributed by atoms with Crippen LogP contribution in [0.1, 0.15) is 47.7 Å². The Balaban J connectivity index is 1.68. The van der Waals surface area contributed by atoms with Gasteiger partial charge in [-0.3, -0.25) is 14.3 Å². The summed E-state index contributed by atoms with van der Waals surface area (Å²) in [7, 11) is 1.87. The molecule has 3 rings (SSSR count). The average Bonchev–Trinajstić information content (AvgIpc) is 3.31.